The minimum Gasteiger partial charge on any atom is -0.373 e. The average molecular weight is 525 g/mol. The van der Waals surface area contributed by atoms with Gasteiger partial charge in [0.2, 0.25) is 5.95 Å². The van der Waals surface area contributed by atoms with Crippen LogP contribution in [0.3, 0.4) is 0 Å². The van der Waals surface area contributed by atoms with Crippen LogP contribution in [0.25, 0.3) is 10.9 Å². The van der Waals surface area contributed by atoms with Crippen molar-refractivity contribution in [2.45, 2.75) is 6.04 Å². The summed E-state index contributed by atoms with van der Waals surface area (Å²) in [4.78, 5) is 7.71. The van der Waals surface area contributed by atoms with E-state index in [9.17, 15) is 14.0 Å². The predicted molar refractivity (Wildman–Crippen MR) is 134 cm³/mol. The summed E-state index contributed by atoms with van der Waals surface area (Å²) < 4.78 is 27.1. The third-order valence-corrected chi connectivity index (χ3v) is 6.09. The molecule has 5 rings (SSSR count). The topological polar surface area (TPSA) is 110 Å². The first-order valence-corrected chi connectivity index (χ1v) is 11.3. The molecule has 2 aromatic carbocycles. The van der Waals surface area contributed by atoms with Gasteiger partial charge < -0.3 is 21.5 Å². The maximum absolute atomic E-state index is 13.8. The fraction of sp³-hybridized carbons (Fsp3) is 0.0417. The molecule has 0 saturated heterocycles. The number of hydrogen-bond donors (Lipinski definition) is 5. The molecule has 1 aliphatic rings. The van der Waals surface area contributed by atoms with Gasteiger partial charge in [0.1, 0.15) is 6.07 Å². The van der Waals surface area contributed by atoms with Crippen LogP contribution in [0.4, 0.5) is 25.8 Å². The Hall–Kier alpha value is -4.17. The van der Waals surface area contributed by atoms with Crippen molar-refractivity contribution in [2.75, 3.05) is 10.6 Å². The first-order valence-electron chi connectivity index (χ1n) is 10.5. The highest BCUT2D eigenvalue weighted by molar-refractivity contribution is 6.36. The largest absolute Gasteiger partial charge is 0.373 e. The number of halogens is 4. The van der Waals surface area contributed by atoms with Crippen molar-refractivity contribution in [3.05, 3.63) is 99.7 Å². The van der Waals surface area contributed by atoms with E-state index >= 15 is 0 Å². The molecule has 0 spiro atoms. The molecular formula is C24H16Cl2F2N8. The van der Waals surface area contributed by atoms with Crippen molar-refractivity contribution in [3.8, 4) is 6.07 Å². The zero-order chi connectivity index (χ0) is 25.2. The number of anilines is 3. The molecule has 0 bridgehead atoms. The minimum atomic E-state index is -1.22. The highest BCUT2D eigenvalue weighted by atomic mass is 35.5. The van der Waals surface area contributed by atoms with Gasteiger partial charge >= 0.3 is 0 Å². The average Bonchev–Trinajstić information content (AvgIpc) is 3.40. The van der Waals surface area contributed by atoms with Gasteiger partial charge in [0, 0.05) is 34.6 Å². The lowest BCUT2D eigenvalue weighted by Gasteiger charge is -2.23. The van der Waals surface area contributed by atoms with Crippen LogP contribution >= 0.6 is 23.2 Å². The number of aromatic nitrogens is 2. The molecule has 0 fully saturated rings. The lowest BCUT2D eigenvalue weighted by Crippen LogP contribution is -2.34. The quantitative estimate of drug-likeness (QED) is 0.212. The van der Waals surface area contributed by atoms with Gasteiger partial charge in [-0.05, 0) is 23.8 Å². The third kappa shape index (κ3) is 4.55. The summed E-state index contributed by atoms with van der Waals surface area (Å²) in [6.07, 6.45) is 4.23. The van der Waals surface area contributed by atoms with Gasteiger partial charge in [-0.3, -0.25) is 4.98 Å². The molecule has 0 aliphatic carbocycles. The van der Waals surface area contributed by atoms with Crippen molar-refractivity contribution in [2.24, 2.45) is 0 Å². The summed E-state index contributed by atoms with van der Waals surface area (Å²) in [5.41, 5.74) is 11.9. The molecule has 3 heterocycles. The molecule has 4 aromatic rings. The van der Waals surface area contributed by atoms with Gasteiger partial charge in [0.15, 0.2) is 5.82 Å². The summed E-state index contributed by atoms with van der Waals surface area (Å²) >= 11 is 13.1. The highest BCUT2D eigenvalue weighted by Crippen LogP contribution is 2.37. The van der Waals surface area contributed by atoms with Gasteiger partial charge in [-0.25, -0.2) is 9.37 Å². The molecule has 180 valence electrons. The molecule has 8 nitrogen and oxygen atoms in total. The van der Waals surface area contributed by atoms with E-state index in [0.717, 1.165) is 23.5 Å². The summed E-state index contributed by atoms with van der Waals surface area (Å²) in [6, 6.07) is 13.4. The molecule has 0 saturated carbocycles. The van der Waals surface area contributed by atoms with Crippen LogP contribution in [0.5, 0.6) is 0 Å². The standard InChI is InChI=1S/C24H16Cl2F2N8/c25-17-4-2-1-3-15(17)23(20-11-32-36-35-20)33-13-5-16-21(34-14-7-19(27)24(28)31-10-14)12(8-29)9-30-22(16)18(26)6-13/h1-7,9-11,23,32-33,35-36H,(H,30,34)/t23-/m0/s1. The van der Waals surface area contributed by atoms with Gasteiger partial charge in [-0.1, -0.05) is 41.4 Å². The second-order valence-corrected chi connectivity index (χ2v) is 8.54. The molecule has 0 radical (unpaired) electrons. The second-order valence-electron chi connectivity index (χ2n) is 7.73. The van der Waals surface area contributed by atoms with Gasteiger partial charge in [0.05, 0.1) is 45.4 Å². The fourth-order valence-corrected chi connectivity index (χ4v) is 4.32. The van der Waals surface area contributed by atoms with E-state index < -0.39 is 17.8 Å². The summed E-state index contributed by atoms with van der Waals surface area (Å²) in [5, 5.41) is 17.4. The van der Waals surface area contributed by atoms with Crippen LogP contribution in [0, 0.1) is 23.1 Å². The zero-order valence-electron chi connectivity index (χ0n) is 18.2. The molecule has 1 atom stereocenters. The number of fused-ring (bicyclic) bond motifs is 1. The van der Waals surface area contributed by atoms with E-state index in [-0.39, 0.29) is 11.3 Å². The molecule has 2 aromatic heterocycles. The Bertz CT molecular complexity index is 1550. The van der Waals surface area contributed by atoms with Crippen molar-refractivity contribution < 1.29 is 8.78 Å². The summed E-state index contributed by atoms with van der Waals surface area (Å²) in [6.45, 7) is 0. The number of pyridine rings is 2. The normalized spacial score (nSPS) is 13.4. The number of benzene rings is 2. The predicted octanol–water partition coefficient (Wildman–Crippen LogP) is 5.44. The van der Waals surface area contributed by atoms with Gasteiger partial charge in [-0.15, -0.1) is 0 Å². The molecule has 5 N–H and O–H groups in total. The van der Waals surface area contributed by atoms with Gasteiger partial charge in [0.25, 0.3) is 0 Å². The van der Waals surface area contributed by atoms with Gasteiger partial charge in [-0.2, -0.15) is 15.2 Å². The number of nitriles is 1. The number of rotatable bonds is 6. The Balaban J connectivity index is 1.61. The Morgan fingerprint density at radius 1 is 1.00 bits per heavy atom. The van der Waals surface area contributed by atoms with E-state index in [1.54, 1.807) is 24.4 Å². The van der Waals surface area contributed by atoms with Crippen LogP contribution in [-0.4, -0.2) is 9.97 Å². The number of nitrogens with one attached hydrogen (secondary N) is 5. The Kier molecular flexibility index (Phi) is 6.43. The number of hydrogen-bond acceptors (Lipinski definition) is 8. The summed E-state index contributed by atoms with van der Waals surface area (Å²) in [5.74, 6) is -2.35. The van der Waals surface area contributed by atoms with Crippen LogP contribution in [-0.2, 0) is 0 Å². The van der Waals surface area contributed by atoms with E-state index in [2.05, 4.69) is 43.1 Å². The van der Waals surface area contributed by atoms with Crippen LogP contribution in [0.2, 0.25) is 10.0 Å². The molecule has 0 amide bonds. The van der Waals surface area contributed by atoms with Crippen molar-refractivity contribution in [1.82, 2.24) is 26.4 Å². The monoisotopic (exact) mass is 524 g/mol. The van der Waals surface area contributed by atoms with Crippen molar-refractivity contribution in [1.29, 1.82) is 5.26 Å². The zero-order valence-corrected chi connectivity index (χ0v) is 19.7. The molecule has 0 unspecified atom stereocenters. The molecule has 12 heteroatoms. The number of nitrogens with zero attached hydrogens (tertiary/aromatic N) is 3. The maximum atomic E-state index is 13.8. The minimum absolute atomic E-state index is 0.152. The lowest BCUT2D eigenvalue weighted by atomic mass is 10.0. The Morgan fingerprint density at radius 2 is 1.83 bits per heavy atom. The van der Waals surface area contributed by atoms with E-state index in [0.29, 0.717) is 32.3 Å². The van der Waals surface area contributed by atoms with Crippen molar-refractivity contribution >= 4 is 51.2 Å². The Labute approximate surface area is 213 Å². The van der Waals surface area contributed by atoms with Crippen LogP contribution in [0.15, 0.2) is 66.8 Å². The summed E-state index contributed by atoms with van der Waals surface area (Å²) in [7, 11) is 0. The van der Waals surface area contributed by atoms with Crippen LogP contribution in [0.1, 0.15) is 17.2 Å². The van der Waals surface area contributed by atoms with E-state index in [4.69, 9.17) is 23.2 Å². The third-order valence-electron chi connectivity index (χ3n) is 5.46. The van der Waals surface area contributed by atoms with Crippen molar-refractivity contribution in [3.63, 3.8) is 0 Å². The van der Waals surface area contributed by atoms with E-state index in [1.165, 1.54) is 6.20 Å². The first kappa shape index (κ1) is 23.6. The SMILES string of the molecule is N#Cc1cnc2c(Cl)cc(N[C@H](C3=CNNN3)c3ccccc3Cl)cc2c1Nc1cnc(F)c(F)c1. The van der Waals surface area contributed by atoms with E-state index in [1.807, 2.05) is 18.2 Å². The lowest BCUT2D eigenvalue weighted by molar-refractivity contribution is 0.480. The second kappa shape index (κ2) is 9.83. The first-order chi connectivity index (χ1) is 17.4. The highest BCUT2D eigenvalue weighted by Gasteiger charge is 2.23. The Morgan fingerprint density at radius 3 is 2.56 bits per heavy atom. The molecule has 36 heavy (non-hydrogen) atoms. The van der Waals surface area contributed by atoms with Crippen LogP contribution < -0.4 is 27.0 Å². The maximum Gasteiger partial charge on any atom is 0.249 e. The molecule has 1 aliphatic heterocycles. The molecular weight excluding hydrogens is 509 g/mol. The fourth-order valence-electron chi connectivity index (χ4n) is 3.81. The smallest absolute Gasteiger partial charge is 0.249 e. The number of hydrazine groups is 2.